The molecule has 4 nitrogen and oxygen atoms in total. The van der Waals surface area contributed by atoms with E-state index >= 15 is 0 Å². The second kappa shape index (κ2) is 7.49. The van der Waals surface area contributed by atoms with Gasteiger partial charge in [-0.05, 0) is 55.8 Å². The summed E-state index contributed by atoms with van der Waals surface area (Å²) in [5.41, 5.74) is 2.94. The summed E-state index contributed by atoms with van der Waals surface area (Å²) in [5, 5.41) is 8.32. The number of aryl methyl sites for hydroxylation is 1. The summed E-state index contributed by atoms with van der Waals surface area (Å²) < 4.78 is 9.98. The molecule has 3 aromatic rings. The lowest BCUT2D eigenvalue weighted by molar-refractivity contribution is 0.474. The van der Waals surface area contributed by atoms with E-state index in [0.29, 0.717) is 22.3 Å². The van der Waals surface area contributed by atoms with Crippen molar-refractivity contribution >= 4 is 34.7 Å². The first-order valence-corrected chi connectivity index (χ1v) is 8.81. The molecule has 0 saturated heterocycles. The summed E-state index contributed by atoms with van der Waals surface area (Å²) in [4.78, 5) is 1.09. The number of nitrogens with zero attached hydrogens (tertiary/aromatic N) is 2. The number of nitrogens with one attached hydrogen (secondary N) is 1. The van der Waals surface area contributed by atoms with Gasteiger partial charge in [0.2, 0.25) is 0 Å². The topological polar surface area (TPSA) is 47.0 Å². The van der Waals surface area contributed by atoms with E-state index in [1.165, 1.54) is 11.5 Å². The monoisotopic (exact) mass is 379 g/mol. The summed E-state index contributed by atoms with van der Waals surface area (Å²) in [5.74, 6) is 1.40. The number of rotatable bonds is 5. The van der Waals surface area contributed by atoms with Crippen molar-refractivity contribution in [1.29, 1.82) is 0 Å². The highest BCUT2D eigenvalue weighted by Crippen LogP contribution is 2.33. The Hall–Kier alpha value is -1.66. The molecule has 0 amide bonds. The van der Waals surface area contributed by atoms with Crippen molar-refractivity contribution in [3.8, 4) is 22.8 Å². The highest BCUT2D eigenvalue weighted by molar-refractivity contribution is 7.05. The van der Waals surface area contributed by atoms with E-state index in [4.69, 9.17) is 27.9 Å². The van der Waals surface area contributed by atoms with Gasteiger partial charge in [0, 0.05) is 23.7 Å². The minimum Gasteiger partial charge on any atom is -0.457 e. The van der Waals surface area contributed by atoms with Crippen molar-refractivity contribution in [3.05, 3.63) is 56.9 Å². The molecule has 0 aliphatic carbocycles. The third-order valence-corrected chi connectivity index (χ3v) is 4.84. The Morgan fingerprint density at radius 3 is 2.62 bits per heavy atom. The Kier molecular flexibility index (Phi) is 5.36. The molecule has 0 fully saturated rings. The van der Waals surface area contributed by atoms with Gasteiger partial charge < -0.3 is 10.1 Å². The Bertz CT molecular complexity index is 867. The number of benzene rings is 2. The van der Waals surface area contributed by atoms with Gasteiger partial charge in [0.05, 0.1) is 14.9 Å². The molecule has 0 aliphatic heterocycles. The van der Waals surface area contributed by atoms with Crippen LogP contribution in [0, 0.1) is 6.92 Å². The van der Waals surface area contributed by atoms with Crippen LogP contribution in [0.4, 0.5) is 0 Å². The van der Waals surface area contributed by atoms with Crippen LogP contribution >= 0.6 is 34.7 Å². The summed E-state index contributed by atoms with van der Waals surface area (Å²) in [6.07, 6.45) is 0. The van der Waals surface area contributed by atoms with E-state index in [1.54, 1.807) is 18.2 Å². The molecular formula is C17H15Cl2N3OS. The molecule has 7 heteroatoms. The van der Waals surface area contributed by atoms with E-state index in [2.05, 4.69) is 21.0 Å². The molecule has 0 saturated carbocycles. The Labute approximate surface area is 154 Å². The van der Waals surface area contributed by atoms with Crippen LogP contribution in [0.5, 0.6) is 11.5 Å². The fourth-order valence-electron chi connectivity index (χ4n) is 2.32. The molecule has 0 atom stereocenters. The summed E-state index contributed by atoms with van der Waals surface area (Å²) in [7, 11) is 1.89. The average Bonchev–Trinajstić information content (AvgIpc) is 2.99. The molecule has 0 radical (unpaired) electrons. The smallest absolute Gasteiger partial charge is 0.131 e. The predicted molar refractivity (Wildman–Crippen MR) is 99.4 cm³/mol. The first-order valence-electron chi connectivity index (χ1n) is 7.28. The highest BCUT2D eigenvalue weighted by Gasteiger charge is 2.12. The van der Waals surface area contributed by atoms with Crippen LogP contribution < -0.4 is 10.1 Å². The Balaban J connectivity index is 1.95. The van der Waals surface area contributed by atoms with Crippen molar-refractivity contribution < 1.29 is 4.74 Å². The maximum atomic E-state index is 6.05. The van der Waals surface area contributed by atoms with Gasteiger partial charge in [-0.2, -0.15) is 0 Å². The SMILES string of the molecule is CNCc1cc(-c2nnsc2C)ccc1Oc1ccc(Cl)c(Cl)c1. The lowest BCUT2D eigenvalue weighted by Gasteiger charge is -2.13. The normalized spacial score (nSPS) is 10.8. The molecule has 124 valence electrons. The van der Waals surface area contributed by atoms with Crippen LogP contribution in [0.1, 0.15) is 10.4 Å². The van der Waals surface area contributed by atoms with Gasteiger partial charge in [-0.25, -0.2) is 0 Å². The standard InChI is InChI=1S/C17H15Cl2N3OS/c1-10-17(21-22-24-10)11-3-6-16(12(7-11)9-20-2)23-13-4-5-14(18)15(19)8-13/h3-8,20H,9H2,1-2H3. The summed E-state index contributed by atoms with van der Waals surface area (Å²) >= 11 is 13.4. The molecule has 1 heterocycles. The molecule has 1 N–H and O–H groups in total. The molecule has 2 aromatic carbocycles. The molecule has 0 bridgehead atoms. The first kappa shape index (κ1) is 17.2. The zero-order valence-corrected chi connectivity index (χ0v) is 15.5. The first-order chi connectivity index (χ1) is 11.6. The third kappa shape index (κ3) is 3.70. The number of halogens is 2. The second-order valence-corrected chi connectivity index (χ2v) is 6.98. The summed E-state index contributed by atoms with van der Waals surface area (Å²) in [6.45, 7) is 2.68. The largest absolute Gasteiger partial charge is 0.457 e. The number of hydrogen-bond acceptors (Lipinski definition) is 5. The van der Waals surface area contributed by atoms with Crippen molar-refractivity contribution in [2.75, 3.05) is 7.05 Å². The Morgan fingerprint density at radius 1 is 1.12 bits per heavy atom. The fourth-order valence-corrected chi connectivity index (χ4v) is 3.10. The van der Waals surface area contributed by atoms with Gasteiger partial charge >= 0.3 is 0 Å². The van der Waals surface area contributed by atoms with E-state index in [9.17, 15) is 0 Å². The van der Waals surface area contributed by atoms with E-state index < -0.39 is 0 Å². The molecule has 24 heavy (non-hydrogen) atoms. The van der Waals surface area contributed by atoms with Crippen molar-refractivity contribution in [2.45, 2.75) is 13.5 Å². The van der Waals surface area contributed by atoms with Crippen molar-refractivity contribution in [1.82, 2.24) is 14.9 Å². The minimum absolute atomic E-state index is 0.463. The highest BCUT2D eigenvalue weighted by atomic mass is 35.5. The van der Waals surface area contributed by atoms with Crippen LogP contribution in [0.2, 0.25) is 10.0 Å². The van der Waals surface area contributed by atoms with Crippen LogP contribution in [0.25, 0.3) is 11.3 Å². The zero-order chi connectivity index (χ0) is 17.1. The molecular weight excluding hydrogens is 365 g/mol. The minimum atomic E-state index is 0.463. The lowest BCUT2D eigenvalue weighted by atomic mass is 10.1. The number of hydrogen-bond donors (Lipinski definition) is 1. The predicted octanol–water partition coefficient (Wildman–Crippen LogP) is 5.33. The van der Waals surface area contributed by atoms with Gasteiger partial charge in [-0.1, -0.05) is 27.7 Å². The lowest BCUT2D eigenvalue weighted by Crippen LogP contribution is -2.06. The molecule has 3 rings (SSSR count). The van der Waals surface area contributed by atoms with E-state index in [1.807, 2.05) is 26.1 Å². The van der Waals surface area contributed by atoms with Crippen LogP contribution in [-0.2, 0) is 6.54 Å². The molecule has 0 spiro atoms. The zero-order valence-electron chi connectivity index (χ0n) is 13.1. The average molecular weight is 380 g/mol. The molecule has 0 unspecified atom stereocenters. The van der Waals surface area contributed by atoms with Crippen molar-refractivity contribution in [3.63, 3.8) is 0 Å². The quantitative estimate of drug-likeness (QED) is 0.650. The fraction of sp³-hybridized carbons (Fsp3) is 0.176. The second-order valence-electron chi connectivity index (χ2n) is 5.21. The third-order valence-electron chi connectivity index (χ3n) is 3.47. The van der Waals surface area contributed by atoms with Gasteiger partial charge in [0.15, 0.2) is 0 Å². The van der Waals surface area contributed by atoms with Gasteiger partial charge in [-0.15, -0.1) is 5.10 Å². The Morgan fingerprint density at radius 2 is 1.96 bits per heavy atom. The molecule has 0 aliphatic rings. The maximum absolute atomic E-state index is 6.05. The van der Waals surface area contributed by atoms with Crippen molar-refractivity contribution in [2.24, 2.45) is 0 Å². The van der Waals surface area contributed by atoms with Crippen LogP contribution in [0.3, 0.4) is 0 Å². The van der Waals surface area contributed by atoms with E-state index in [0.717, 1.165) is 27.4 Å². The van der Waals surface area contributed by atoms with Gasteiger partial charge in [0.1, 0.15) is 17.2 Å². The van der Waals surface area contributed by atoms with E-state index in [-0.39, 0.29) is 0 Å². The number of aromatic nitrogens is 2. The molecule has 1 aromatic heterocycles. The van der Waals surface area contributed by atoms with Crippen LogP contribution in [-0.4, -0.2) is 16.6 Å². The van der Waals surface area contributed by atoms with Crippen LogP contribution in [0.15, 0.2) is 36.4 Å². The number of ether oxygens (including phenoxy) is 1. The maximum Gasteiger partial charge on any atom is 0.131 e. The van der Waals surface area contributed by atoms with Gasteiger partial charge in [0.25, 0.3) is 0 Å². The summed E-state index contributed by atoms with van der Waals surface area (Å²) in [6, 6.07) is 11.2. The van der Waals surface area contributed by atoms with Gasteiger partial charge in [-0.3, -0.25) is 0 Å².